The Labute approximate surface area is 92.2 Å². The van der Waals surface area contributed by atoms with Crippen LogP contribution in [0.3, 0.4) is 0 Å². The zero-order valence-corrected chi connectivity index (χ0v) is 8.83. The largest absolute Gasteiger partial charge is 0.384 e. The molecule has 80 valence electrons. The number of hydrogen-bond donors (Lipinski definition) is 2. The van der Waals surface area contributed by atoms with Crippen LogP contribution >= 0.6 is 0 Å². The summed E-state index contributed by atoms with van der Waals surface area (Å²) in [4.78, 5) is 13.1. The molecule has 16 heavy (non-hydrogen) atoms. The number of nitrogens with one attached hydrogen (secondary N) is 1. The van der Waals surface area contributed by atoms with Crippen LogP contribution in [0.5, 0.6) is 0 Å². The van der Waals surface area contributed by atoms with Gasteiger partial charge < -0.3 is 16.0 Å². The number of rotatable bonds is 0. The number of nitriles is 2. The van der Waals surface area contributed by atoms with Crippen LogP contribution in [0.25, 0.3) is 0 Å². The van der Waals surface area contributed by atoms with E-state index in [-0.39, 0.29) is 17.0 Å². The van der Waals surface area contributed by atoms with Crippen molar-refractivity contribution >= 4 is 5.91 Å². The third-order valence-electron chi connectivity index (χ3n) is 3.08. The van der Waals surface area contributed by atoms with Crippen molar-refractivity contribution in [3.8, 4) is 12.1 Å². The van der Waals surface area contributed by atoms with Gasteiger partial charge in [-0.05, 0) is 6.92 Å². The molecule has 0 fully saturated rings. The highest BCUT2D eigenvalue weighted by atomic mass is 16.2. The second kappa shape index (κ2) is 2.77. The molecular formula is C10H9N5O. The molecule has 1 unspecified atom stereocenters. The predicted molar refractivity (Wildman–Crippen MR) is 53.8 cm³/mol. The number of nitrogens with zero attached hydrogens (tertiary/aromatic N) is 3. The Morgan fingerprint density at radius 3 is 2.44 bits per heavy atom. The van der Waals surface area contributed by atoms with Crippen molar-refractivity contribution in [1.82, 2.24) is 10.2 Å². The summed E-state index contributed by atoms with van der Waals surface area (Å²) in [7, 11) is 1.67. The van der Waals surface area contributed by atoms with Gasteiger partial charge in [-0.15, -0.1) is 0 Å². The van der Waals surface area contributed by atoms with E-state index >= 15 is 0 Å². The number of carbonyl (C=O) groups excluding carboxylic acids is 1. The lowest BCUT2D eigenvalue weighted by molar-refractivity contribution is -0.118. The quantitative estimate of drug-likeness (QED) is 0.555. The molecule has 0 radical (unpaired) electrons. The van der Waals surface area contributed by atoms with Gasteiger partial charge in [-0.1, -0.05) is 0 Å². The molecule has 6 heteroatoms. The molecule has 0 saturated carbocycles. The first kappa shape index (κ1) is 10.1. The monoisotopic (exact) mass is 215 g/mol. The van der Waals surface area contributed by atoms with E-state index in [1.165, 1.54) is 0 Å². The molecular weight excluding hydrogens is 206 g/mol. The fraction of sp³-hybridized carbons (Fsp3) is 0.300. The van der Waals surface area contributed by atoms with Crippen molar-refractivity contribution in [2.75, 3.05) is 7.05 Å². The van der Waals surface area contributed by atoms with Crippen molar-refractivity contribution in [3.63, 3.8) is 0 Å². The van der Waals surface area contributed by atoms with Gasteiger partial charge in [-0.25, -0.2) is 0 Å². The number of amides is 1. The minimum Gasteiger partial charge on any atom is -0.384 e. The molecule has 0 aromatic rings. The summed E-state index contributed by atoms with van der Waals surface area (Å²) in [5.41, 5.74) is 5.42. The van der Waals surface area contributed by atoms with Gasteiger partial charge in [-0.3, -0.25) is 4.79 Å². The summed E-state index contributed by atoms with van der Waals surface area (Å²) in [5.74, 6) is -0.195. The van der Waals surface area contributed by atoms with Gasteiger partial charge in [0.15, 0.2) is 0 Å². The number of likely N-dealkylation sites (N-methyl/N-ethyl adjacent to an activating group) is 1. The Bertz CT molecular complexity index is 545. The molecule has 0 aliphatic carbocycles. The van der Waals surface area contributed by atoms with Gasteiger partial charge in [0.2, 0.25) is 0 Å². The van der Waals surface area contributed by atoms with Crippen LogP contribution in [0.1, 0.15) is 6.92 Å². The van der Waals surface area contributed by atoms with Gasteiger partial charge in [-0.2, -0.15) is 10.5 Å². The molecule has 1 atom stereocenters. The van der Waals surface area contributed by atoms with Crippen molar-refractivity contribution in [1.29, 1.82) is 10.5 Å². The molecule has 0 bridgehead atoms. The molecule has 2 heterocycles. The molecule has 0 aromatic carbocycles. The Kier molecular flexibility index (Phi) is 1.74. The Morgan fingerprint density at radius 1 is 1.38 bits per heavy atom. The Balaban J connectivity index is 2.78. The lowest BCUT2D eigenvalue weighted by Gasteiger charge is -2.32. The topological polar surface area (TPSA) is 106 Å². The zero-order chi connectivity index (χ0) is 12.1. The van der Waals surface area contributed by atoms with Crippen molar-refractivity contribution in [3.05, 3.63) is 22.5 Å². The first-order valence-electron chi connectivity index (χ1n) is 4.58. The molecule has 2 aliphatic heterocycles. The van der Waals surface area contributed by atoms with Crippen molar-refractivity contribution in [2.24, 2.45) is 5.73 Å². The number of nitrogens with two attached hydrogens (primary N) is 1. The van der Waals surface area contributed by atoms with Crippen molar-refractivity contribution < 1.29 is 4.79 Å². The average molecular weight is 215 g/mol. The van der Waals surface area contributed by atoms with Gasteiger partial charge in [0.05, 0.1) is 0 Å². The second-order valence-electron chi connectivity index (χ2n) is 3.82. The maximum Gasteiger partial charge on any atom is 0.264 e. The molecule has 0 spiro atoms. The zero-order valence-electron chi connectivity index (χ0n) is 8.83. The molecule has 6 nitrogen and oxygen atoms in total. The minimum absolute atomic E-state index is 0.0358. The van der Waals surface area contributed by atoms with E-state index in [0.717, 1.165) is 0 Å². The SMILES string of the molecule is CN1C(N)=C(C#N)C2=C(C#N)C(=O)NC21C. The van der Waals surface area contributed by atoms with E-state index in [4.69, 9.17) is 16.3 Å². The van der Waals surface area contributed by atoms with E-state index < -0.39 is 11.6 Å². The van der Waals surface area contributed by atoms with Crippen LogP contribution in [0.2, 0.25) is 0 Å². The molecule has 2 aliphatic rings. The Hall–Kier alpha value is -2.47. The van der Waals surface area contributed by atoms with Crippen LogP contribution in [0, 0.1) is 22.7 Å². The van der Waals surface area contributed by atoms with E-state index in [0.29, 0.717) is 5.57 Å². The summed E-state index contributed by atoms with van der Waals surface area (Å²) < 4.78 is 0. The maximum absolute atomic E-state index is 11.5. The first-order valence-corrected chi connectivity index (χ1v) is 4.58. The fourth-order valence-electron chi connectivity index (χ4n) is 2.08. The first-order chi connectivity index (χ1) is 7.47. The summed E-state index contributed by atoms with van der Waals surface area (Å²) >= 11 is 0. The van der Waals surface area contributed by atoms with Gasteiger partial charge >= 0.3 is 0 Å². The lowest BCUT2D eigenvalue weighted by atomic mass is 9.97. The third-order valence-corrected chi connectivity index (χ3v) is 3.08. The highest BCUT2D eigenvalue weighted by Gasteiger charge is 2.52. The highest BCUT2D eigenvalue weighted by molar-refractivity contribution is 6.04. The van der Waals surface area contributed by atoms with E-state index in [9.17, 15) is 4.79 Å². The van der Waals surface area contributed by atoms with Crippen LogP contribution in [0.4, 0.5) is 0 Å². The van der Waals surface area contributed by atoms with Gasteiger partial charge in [0, 0.05) is 12.6 Å². The number of hydrogen-bond acceptors (Lipinski definition) is 5. The molecule has 0 saturated heterocycles. The summed E-state index contributed by atoms with van der Waals surface area (Å²) in [5, 5.41) is 20.6. The maximum atomic E-state index is 11.5. The summed E-state index contributed by atoms with van der Waals surface area (Å²) in [6.07, 6.45) is 0. The molecule has 2 rings (SSSR count). The standard InChI is InChI=1S/C10H9N5O/c1-10-7(6(4-12)9(16)14-10)5(3-11)8(13)15(10)2/h13H2,1-2H3,(H,14,16). The van der Waals surface area contributed by atoms with Crippen molar-refractivity contribution in [2.45, 2.75) is 12.6 Å². The van der Waals surface area contributed by atoms with Crippen LogP contribution < -0.4 is 11.1 Å². The third kappa shape index (κ3) is 0.861. The van der Waals surface area contributed by atoms with Gasteiger partial charge in [0.1, 0.15) is 34.8 Å². The smallest absolute Gasteiger partial charge is 0.264 e. The molecule has 3 N–H and O–H groups in total. The predicted octanol–water partition coefficient (Wildman–Crippen LogP) is -0.708. The average Bonchev–Trinajstić information content (AvgIpc) is 2.59. The minimum atomic E-state index is -0.878. The van der Waals surface area contributed by atoms with Gasteiger partial charge in [0.25, 0.3) is 5.91 Å². The summed E-state index contributed by atoms with van der Waals surface area (Å²) in [6, 6.07) is 3.75. The lowest BCUT2D eigenvalue weighted by Crippen LogP contribution is -2.52. The number of fused-ring (bicyclic) bond motifs is 1. The molecule has 0 aromatic heterocycles. The normalized spacial score (nSPS) is 27.8. The molecule has 1 amide bonds. The second-order valence-corrected chi connectivity index (χ2v) is 3.82. The summed E-state index contributed by atoms with van der Waals surface area (Å²) in [6.45, 7) is 1.71. The van der Waals surface area contributed by atoms with E-state index in [1.807, 2.05) is 12.1 Å². The van der Waals surface area contributed by atoms with E-state index in [2.05, 4.69) is 5.32 Å². The van der Waals surface area contributed by atoms with E-state index in [1.54, 1.807) is 18.9 Å². The number of carbonyl (C=O) groups is 1. The van der Waals surface area contributed by atoms with Crippen LogP contribution in [-0.4, -0.2) is 23.5 Å². The Morgan fingerprint density at radius 2 is 1.94 bits per heavy atom. The van der Waals surface area contributed by atoms with Crippen LogP contribution in [-0.2, 0) is 4.79 Å². The fourth-order valence-corrected chi connectivity index (χ4v) is 2.08. The van der Waals surface area contributed by atoms with Crippen LogP contribution in [0.15, 0.2) is 22.5 Å². The highest BCUT2D eigenvalue weighted by Crippen LogP contribution is 2.41.